The smallest absolute Gasteiger partial charge is 0.300 e. The van der Waals surface area contributed by atoms with Crippen LogP contribution in [0.3, 0.4) is 0 Å². The minimum atomic E-state index is -4.49. The molecule has 0 aliphatic carbocycles. The van der Waals surface area contributed by atoms with Gasteiger partial charge in [-0.05, 0) is 24.6 Å². The Kier molecular flexibility index (Phi) is 4.34. The third-order valence-corrected chi connectivity index (χ3v) is 2.47. The zero-order valence-electron chi connectivity index (χ0n) is 9.38. The molecule has 0 saturated heterocycles. The van der Waals surface area contributed by atoms with Gasteiger partial charge in [0.15, 0.2) is 5.78 Å². The highest BCUT2D eigenvalue weighted by molar-refractivity contribution is 7.79. The number of halogens is 3. The van der Waals surface area contributed by atoms with Crippen LogP contribution in [-0.4, -0.2) is 16.9 Å². The number of alkyl halides is 3. The third kappa shape index (κ3) is 3.46. The number of benzene rings is 1. The van der Waals surface area contributed by atoms with Crippen molar-refractivity contribution in [2.45, 2.75) is 19.5 Å². The lowest BCUT2D eigenvalue weighted by molar-refractivity contribution is -0.137. The second-order valence-electron chi connectivity index (χ2n) is 3.72. The molecule has 0 bridgehead atoms. The van der Waals surface area contributed by atoms with Gasteiger partial charge in [0.25, 0.3) is 0 Å². The average molecular weight is 274 g/mol. The van der Waals surface area contributed by atoms with Gasteiger partial charge in [0.05, 0.1) is 12.0 Å². The Morgan fingerprint density at radius 3 is 2.39 bits per heavy atom. The zero-order chi connectivity index (χ0) is 13.9. The molecule has 96 valence electrons. The van der Waals surface area contributed by atoms with Crippen molar-refractivity contribution >= 4 is 29.2 Å². The molecule has 0 aliphatic heterocycles. The van der Waals surface area contributed by atoms with Crippen LogP contribution >= 0.6 is 12.2 Å². The Balaban J connectivity index is 3.20. The monoisotopic (exact) mass is 274 g/mol. The van der Waals surface area contributed by atoms with Gasteiger partial charge in [0.1, 0.15) is 5.78 Å². The summed E-state index contributed by atoms with van der Waals surface area (Å²) in [6, 6.07) is 2.66. The summed E-state index contributed by atoms with van der Waals surface area (Å²) >= 11 is 4.59. The van der Waals surface area contributed by atoms with Crippen LogP contribution < -0.4 is 0 Å². The first kappa shape index (κ1) is 14.5. The Hall–Kier alpha value is -1.56. The second-order valence-corrected chi connectivity index (χ2v) is 3.96. The van der Waals surface area contributed by atoms with E-state index in [1.807, 2.05) is 0 Å². The second kappa shape index (κ2) is 5.39. The molecular weight excluding hydrogens is 265 g/mol. The first-order chi connectivity index (χ1) is 8.25. The van der Waals surface area contributed by atoms with Crippen LogP contribution in [0.4, 0.5) is 13.2 Å². The normalized spacial score (nSPS) is 11.1. The van der Waals surface area contributed by atoms with E-state index in [1.54, 1.807) is 0 Å². The van der Waals surface area contributed by atoms with Gasteiger partial charge in [0.2, 0.25) is 0 Å². The Bertz CT molecular complexity index is 507. The molecule has 0 aliphatic rings. The van der Waals surface area contributed by atoms with Crippen LogP contribution in [0.5, 0.6) is 0 Å². The standard InChI is InChI=1S/C12H9F3O2S/c1-7(16)4-11(17)10-3-2-9(12(13,14)15)5-8(10)6-18/h2-3,5-6H,4H2,1H3. The maximum absolute atomic E-state index is 12.5. The van der Waals surface area contributed by atoms with E-state index in [1.165, 1.54) is 6.92 Å². The largest absolute Gasteiger partial charge is 0.416 e. The summed E-state index contributed by atoms with van der Waals surface area (Å²) in [5.41, 5.74) is -0.836. The summed E-state index contributed by atoms with van der Waals surface area (Å²) in [6.45, 7) is 1.24. The van der Waals surface area contributed by atoms with Crippen LogP contribution in [0.1, 0.15) is 34.8 Å². The van der Waals surface area contributed by atoms with Crippen LogP contribution in [0.2, 0.25) is 0 Å². The lowest BCUT2D eigenvalue weighted by atomic mass is 9.99. The fraction of sp³-hybridized carbons (Fsp3) is 0.250. The van der Waals surface area contributed by atoms with Crippen LogP contribution in [0, 0.1) is 0 Å². The van der Waals surface area contributed by atoms with E-state index in [-0.39, 0.29) is 23.3 Å². The summed E-state index contributed by atoms with van der Waals surface area (Å²) < 4.78 is 37.4. The molecule has 1 aromatic rings. The van der Waals surface area contributed by atoms with Gasteiger partial charge in [-0.2, -0.15) is 13.2 Å². The first-order valence-corrected chi connectivity index (χ1v) is 5.42. The van der Waals surface area contributed by atoms with Crippen molar-refractivity contribution in [1.29, 1.82) is 0 Å². The van der Waals surface area contributed by atoms with E-state index in [0.29, 0.717) is 0 Å². The highest BCUT2D eigenvalue weighted by Gasteiger charge is 2.31. The molecule has 6 heteroatoms. The molecule has 18 heavy (non-hydrogen) atoms. The predicted octanol–water partition coefficient (Wildman–Crippen LogP) is 3.22. The fourth-order valence-corrected chi connectivity index (χ4v) is 1.61. The molecule has 0 atom stereocenters. The van der Waals surface area contributed by atoms with Gasteiger partial charge in [-0.1, -0.05) is 18.3 Å². The van der Waals surface area contributed by atoms with Gasteiger partial charge >= 0.3 is 6.18 Å². The van der Waals surface area contributed by atoms with E-state index >= 15 is 0 Å². The molecule has 0 radical (unpaired) electrons. The quantitative estimate of drug-likeness (QED) is 0.480. The molecule has 0 unspecified atom stereocenters. The highest BCUT2D eigenvalue weighted by Crippen LogP contribution is 2.30. The summed E-state index contributed by atoms with van der Waals surface area (Å²) in [5.74, 6) is -0.887. The molecule has 2 nitrogen and oxygen atoms in total. The molecule has 0 saturated carbocycles. The number of thiocarbonyl (C=S) groups is 1. The highest BCUT2D eigenvalue weighted by atomic mass is 32.1. The number of hydrogen-bond acceptors (Lipinski definition) is 3. The third-order valence-electron chi connectivity index (χ3n) is 2.22. The van der Waals surface area contributed by atoms with Crippen molar-refractivity contribution < 1.29 is 22.8 Å². The van der Waals surface area contributed by atoms with Gasteiger partial charge in [-0.3, -0.25) is 9.59 Å². The van der Waals surface area contributed by atoms with E-state index < -0.39 is 17.5 Å². The molecule has 0 fully saturated rings. The minimum absolute atomic E-state index is 0.00562. The van der Waals surface area contributed by atoms with E-state index in [0.717, 1.165) is 23.6 Å². The topological polar surface area (TPSA) is 34.1 Å². The Labute approximate surface area is 107 Å². The number of ketones is 2. The molecule has 0 aromatic heterocycles. The van der Waals surface area contributed by atoms with Crippen molar-refractivity contribution in [2.24, 2.45) is 0 Å². The van der Waals surface area contributed by atoms with Crippen molar-refractivity contribution in [3.05, 3.63) is 34.9 Å². The first-order valence-electron chi connectivity index (χ1n) is 4.94. The van der Waals surface area contributed by atoms with Gasteiger partial charge < -0.3 is 0 Å². The SMILES string of the molecule is CC(=O)CC(=O)c1ccc(C(F)(F)F)cc1C=S. The Morgan fingerprint density at radius 2 is 1.94 bits per heavy atom. The van der Waals surface area contributed by atoms with Crippen molar-refractivity contribution in [3.8, 4) is 0 Å². The number of Topliss-reactive ketones (excluding diaryl/α,β-unsaturated/α-hetero) is 2. The Morgan fingerprint density at radius 1 is 1.33 bits per heavy atom. The van der Waals surface area contributed by atoms with Crippen LogP contribution in [0.15, 0.2) is 18.2 Å². The number of carbonyl (C=O) groups excluding carboxylic acids is 2. The summed E-state index contributed by atoms with van der Waals surface area (Å²) in [6.07, 6.45) is -4.84. The molecule has 1 rings (SSSR count). The lowest BCUT2D eigenvalue weighted by Gasteiger charge is -2.10. The van der Waals surface area contributed by atoms with Gasteiger partial charge in [0, 0.05) is 10.9 Å². The fourth-order valence-electron chi connectivity index (χ4n) is 1.41. The maximum atomic E-state index is 12.5. The van der Waals surface area contributed by atoms with Crippen LogP contribution in [0.25, 0.3) is 0 Å². The van der Waals surface area contributed by atoms with Crippen molar-refractivity contribution in [3.63, 3.8) is 0 Å². The van der Waals surface area contributed by atoms with Crippen LogP contribution in [-0.2, 0) is 11.0 Å². The predicted molar refractivity (Wildman–Crippen MR) is 63.8 cm³/mol. The lowest BCUT2D eigenvalue weighted by Crippen LogP contribution is -2.11. The van der Waals surface area contributed by atoms with E-state index in [4.69, 9.17) is 0 Å². The summed E-state index contributed by atoms with van der Waals surface area (Å²) in [4.78, 5) is 22.4. The number of carbonyl (C=O) groups is 2. The molecule has 1 aromatic carbocycles. The zero-order valence-corrected chi connectivity index (χ0v) is 10.2. The number of rotatable bonds is 4. The van der Waals surface area contributed by atoms with Gasteiger partial charge in [-0.15, -0.1) is 0 Å². The summed E-state index contributed by atoms with van der Waals surface area (Å²) in [7, 11) is 0. The number of hydrogen-bond donors (Lipinski definition) is 0. The molecule has 0 N–H and O–H groups in total. The van der Waals surface area contributed by atoms with E-state index in [9.17, 15) is 22.8 Å². The van der Waals surface area contributed by atoms with Crippen molar-refractivity contribution in [1.82, 2.24) is 0 Å². The summed E-state index contributed by atoms with van der Waals surface area (Å²) in [5, 5.41) is 1.00. The molecule has 0 heterocycles. The van der Waals surface area contributed by atoms with Crippen molar-refractivity contribution in [2.75, 3.05) is 0 Å². The van der Waals surface area contributed by atoms with Gasteiger partial charge in [-0.25, -0.2) is 0 Å². The molecule has 0 spiro atoms. The minimum Gasteiger partial charge on any atom is -0.300 e. The molecule has 0 amide bonds. The maximum Gasteiger partial charge on any atom is 0.416 e. The molecular formula is C12H9F3O2S. The van der Waals surface area contributed by atoms with E-state index in [2.05, 4.69) is 12.2 Å². The average Bonchev–Trinajstić information content (AvgIpc) is 2.26.